The fraction of sp³-hybridized carbons (Fsp3) is 0.188. The molecular formula is C16H17FN2OS. The molecule has 0 bridgehead atoms. The van der Waals surface area contributed by atoms with Crippen molar-refractivity contribution in [2.24, 2.45) is 0 Å². The molecule has 0 fully saturated rings. The van der Waals surface area contributed by atoms with Crippen molar-refractivity contribution in [1.29, 1.82) is 0 Å². The lowest BCUT2D eigenvalue weighted by atomic mass is 10.2. The van der Waals surface area contributed by atoms with Gasteiger partial charge in [0.15, 0.2) is 0 Å². The van der Waals surface area contributed by atoms with E-state index in [9.17, 15) is 9.18 Å². The number of nitrogens with one attached hydrogen (secondary N) is 1. The van der Waals surface area contributed by atoms with Gasteiger partial charge in [-0.2, -0.15) is 0 Å². The van der Waals surface area contributed by atoms with Crippen LogP contribution < -0.4 is 11.1 Å². The minimum absolute atomic E-state index is 0.0204. The van der Waals surface area contributed by atoms with Gasteiger partial charge in [-0.25, -0.2) is 4.39 Å². The fourth-order valence-corrected chi connectivity index (χ4v) is 2.76. The highest BCUT2D eigenvalue weighted by Crippen LogP contribution is 2.27. The number of carbonyl (C=O) groups is 1. The third-order valence-electron chi connectivity index (χ3n) is 3.03. The van der Waals surface area contributed by atoms with Crippen LogP contribution in [0.3, 0.4) is 0 Å². The Morgan fingerprint density at radius 1 is 1.29 bits per heavy atom. The van der Waals surface area contributed by atoms with Crippen LogP contribution >= 0.6 is 11.8 Å². The number of halogens is 1. The molecule has 21 heavy (non-hydrogen) atoms. The van der Waals surface area contributed by atoms with Gasteiger partial charge in [0.05, 0.1) is 10.9 Å². The number of anilines is 2. The van der Waals surface area contributed by atoms with Crippen molar-refractivity contribution >= 4 is 29.0 Å². The van der Waals surface area contributed by atoms with E-state index < -0.39 is 5.82 Å². The highest BCUT2D eigenvalue weighted by atomic mass is 32.2. The molecule has 110 valence electrons. The average Bonchev–Trinajstić information content (AvgIpc) is 2.45. The molecule has 3 N–H and O–H groups in total. The number of nitrogens with two attached hydrogens (primary N) is 1. The van der Waals surface area contributed by atoms with E-state index in [2.05, 4.69) is 5.32 Å². The number of thioether (sulfide) groups is 1. The summed E-state index contributed by atoms with van der Waals surface area (Å²) in [5.41, 5.74) is 7.13. The van der Waals surface area contributed by atoms with Crippen molar-refractivity contribution < 1.29 is 9.18 Å². The summed E-state index contributed by atoms with van der Waals surface area (Å²) >= 11 is 1.49. The average molecular weight is 304 g/mol. The molecule has 1 unspecified atom stereocenters. The Hall–Kier alpha value is -2.01. The first-order valence-corrected chi connectivity index (χ1v) is 7.43. The zero-order valence-corrected chi connectivity index (χ0v) is 12.7. The second-order valence-corrected chi connectivity index (χ2v) is 6.13. The number of hydrogen-bond acceptors (Lipinski definition) is 3. The van der Waals surface area contributed by atoms with Crippen LogP contribution in [-0.4, -0.2) is 11.2 Å². The predicted molar refractivity (Wildman–Crippen MR) is 85.9 cm³/mol. The Morgan fingerprint density at radius 2 is 2.00 bits per heavy atom. The Morgan fingerprint density at radius 3 is 2.67 bits per heavy atom. The van der Waals surface area contributed by atoms with E-state index in [1.54, 1.807) is 0 Å². The van der Waals surface area contributed by atoms with Crippen molar-refractivity contribution in [3.05, 3.63) is 53.8 Å². The molecule has 0 aromatic heterocycles. The molecule has 2 aromatic rings. The summed E-state index contributed by atoms with van der Waals surface area (Å²) in [5.74, 6) is -0.635. The van der Waals surface area contributed by atoms with E-state index in [1.807, 2.05) is 38.1 Å². The first-order chi connectivity index (χ1) is 9.97. The molecule has 0 saturated carbocycles. The van der Waals surface area contributed by atoms with Crippen LogP contribution in [0.25, 0.3) is 0 Å². The Labute approximate surface area is 127 Å². The van der Waals surface area contributed by atoms with Gasteiger partial charge >= 0.3 is 0 Å². The van der Waals surface area contributed by atoms with Gasteiger partial charge in [-0.05, 0) is 43.7 Å². The van der Waals surface area contributed by atoms with Gasteiger partial charge in [-0.15, -0.1) is 11.8 Å². The third-order valence-corrected chi connectivity index (χ3v) is 4.31. The summed E-state index contributed by atoms with van der Waals surface area (Å²) in [7, 11) is 0. The molecule has 0 aliphatic heterocycles. The van der Waals surface area contributed by atoms with Gasteiger partial charge < -0.3 is 11.1 Å². The smallest absolute Gasteiger partial charge is 0.237 e. The number of carbonyl (C=O) groups excluding carboxylic acids is 1. The van der Waals surface area contributed by atoms with Gasteiger partial charge in [-0.1, -0.05) is 18.2 Å². The largest absolute Gasteiger partial charge is 0.396 e. The molecule has 1 atom stereocenters. The third kappa shape index (κ3) is 3.98. The zero-order valence-electron chi connectivity index (χ0n) is 11.9. The molecule has 0 radical (unpaired) electrons. The number of amides is 1. The van der Waals surface area contributed by atoms with E-state index in [4.69, 9.17) is 5.73 Å². The van der Waals surface area contributed by atoms with Crippen molar-refractivity contribution in [3.63, 3.8) is 0 Å². The highest BCUT2D eigenvalue weighted by molar-refractivity contribution is 8.00. The first-order valence-electron chi connectivity index (χ1n) is 6.55. The van der Waals surface area contributed by atoms with Gasteiger partial charge in [0.25, 0.3) is 0 Å². The lowest BCUT2D eigenvalue weighted by Crippen LogP contribution is -2.22. The monoisotopic (exact) mass is 304 g/mol. The van der Waals surface area contributed by atoms with Crippen LogP contribution in [-0.2, 0) is 4.79 Å². The van der Waals surface area contributed by atoms with Crippen LogP contribution in [0.4, 0.5) is 15.8 Å². The van der Waals surface area contributed by atoms with E-state index in [-0.39, 0.29) is 16.8 Å². The summed E-state index contributed by atoms with van der Waals surface area (Å²) in [5, 5.41) is 2.48. The van der Waals surface area contributed by atoms with Gasteiger partial charge in [-0.3, -0.25) is 4.79 Å². The standard InChI is InChI=1S/C16H17FN2OS/c1-10-5-3-4-6-15(10)21-11(2)16(20)19-12-7-8-13(17)14(18)9-12/h3-9,11H,18H2,1-2H3,(H,19,20). The first kappa shape index (κ1) is 15.4. The van der Waals surface area contributed by atoms with Crippen molar-refractivity contribution in [2.45, 2.75) is 24.0 Å². The molecule has 0 saturated heterocycles. The SMILES string of the molecule is Cc1ccccc1SC(C)C(=O)Nc1ccc(F)c(N)c1. The fourth-order valence-electron chi connectivity index (χ4n) is 1.80. The molecular weight excluding hydrogens is 287 g/mol. The molecule has 1 amide bonds. The summed E-state index contributed by atoms with van der Waals surface area (Å²) in [6, 6.07) is 12.1. The predicted octanol–water partition coefficient (Wildman–Crippen LogP) is 3.84. The molecule has 0 spiro atoms. The Kier molecular flexibility index (Phi) is 4.85. The number of rotatable bonds is 4. The number of aryl methyl sites for hydroxylation is 1. The van der Waals surface area contributed by atoms with Gasteiger partial charge in [0.1, 0.15) is 5.82 Å². The lowest BCUT2D eigenvalue weighted by molar-refractivity contribution is -0.115. The molecule has 0 aliphatic rings. The highest BCUT2D eigenvalue weighted by Gasteiger charge is 2.15. The zero-order chi connectivity index (χ0) is 15.4. The molecule has 0 heterocycles. The summed E-state index contributed by atoms with van der Waals surface area (Å²) < 4.78 is 13.1. The molecule has 2 rings (SSSR count). The second kappa shape index (κ2) is 6.63. The topological polar surface area (TPSA) is 55.1 Å². The second-order valence-electron chi connectivity index (χ2n) is 4.75. The van der Waals surface area contributed by atoms with Crippen molar-refractivity contribution in [1.82, 2.24) is 0 Å². The Balaban J connectivity index is 2.02. The summed E-state index contributed by atoms with van der Waals surface area (Å²) in [4.78, 5) is 13.2. The lowest BCUT2D eigenvalue weighted by Gasteiger charge is -2.13. The Bertz CT molecular complexity index is 660. The van der Waals surface area contributed by atoms with Crippen LogP contribution in [0.1, 0.15) is 12.5 Å². The van der Waals surface area contributed by atoms with E-state index in [1.165, 1.54) is 30.0 Å². The number of nitrogen functional groups attached to an aromatic ring is 1. The normalized spacial score (nSPS) is 12.0. The maximum atomic E-state index is 13.1. The number of hydrogen-bond donors (Lipinski definition) is 2. The van der Waals surface area contributed by atoms with Crippen LogP contribution in [0.2, 0.25) is 0 Å². The summed E-state index contributed by atoms with van der Waals surface area (Å²) in [6.45, 7) is 3.84. The quantitative estimate of drug-likeness (QED) is 0.666. The van der Waals surface area contributed by atoms with Crippen LogP contribution in [0, 0.1) is 12.7 Å². The number of benzene rings is 2. The van der Waals surface area contributed by atoms with Gasteiger partial charge in [0, 0.05) is 10.6 Å². The van der Waals surface area contributed by atoms with Crippen LogP contribution in [0.15, 0.2) is 47.4 Å². The molecule has 3 nitrogen and oxygen atoms in total. The summed E-state index contributed by atoms with van der Waals surface area (Å²) in [6.07, 6.45) is 0. The maximum Gasteiger partial charge on any atom is 0.237 e. The van der Waals surface area contributed by atoms with E-state index >= 15 is 0 Å². The molecule has 2 aromatic carbocycles. The minimum Gasteiger partial charge on any atom is -0.396 e. The van der Waals surface area contributed by atoms with E-state index in [0.29, 0.717) is 5.69 Å². The van der Waals surface area contributed by atoms with Crippen LogP contribution in [0.5, 0.6) is 0 Å². The van der Waals surface area contributed by atoms with Crippen molar-refractivity contribution in [3.8, 4) is 0 Å². The van der Waals surface area contributed by atoms with E-state index in [0.717, 1.165) is 10.5 Å². The van der Waals surface area contributed by atoms with Crippen molar-refractivity contribution in [2.75, 3.05) is 11.1 Å². The molecule has 0 aliphatic carbocycles. The molecule has 5 heteroatoms. The van der Waals surface area contributed by atoms with Gasteiger partial charge in [0.2, 0.25) is 5.91 Å². The minimum atomic E-state index is -0.490. The maximum absolute atomic E-state index is 13.1.